The fourth-order valence-electron chi connectivity index (χ4n) is 2.50. The van der Waals surface area contributed by atoms with Crippen LogP contribution in [0.4, 0.5) is 11.4 Å². The third-order valence-corrected chi connectivity index (χ3v) is 3.92. The van der Waals surface area contributed by atoms with Crippen molar-refractivity contribution < 1.29 is 9.59 Å². The van der Waals surface area contributed by atoms with Crippen LogP contribution in [0.2, 0.25) is 5.15 Å². The van der Waals surface area contributed by atoms with E-state index in [1.807, 2.05) is 6.92 Å². The number of nitrogens with zero attached hydrogens (tertiary/aromatic N) is 2. The number of aromatic nitrogens is 1. The van der Waals surface area contributed by atoms with Crippen molar-refractivity contribution in [1.82, 2.24) is 10.3 Å². The van der Waals surface area contributed by atoms with Crippen LogP contribution in [0.15, 0.2) is 41.5 Å². The van der Waals surface area contributed by atoms with Crippen LogP contribution in [0.1, 0.15) is 35.7 Å². The number of hydrogen-bond donors (Lipinski definition) is 2. The molecule has 0 fully saturated rings. The largest absolute Gasteiger partial charge is 0.352 e. The summed E-state index contributed by atoms with van der Waals surface area (Å²) in [6.45, 7) is 2.59. The lowest BCUT2D eigenvalue weighted by Crippen LogP contribution is -2.24. The molecule has 3 rings (SSSR count). The van der Waals surface area contributed by atoms with Crippen LogP contribution in [-0.2, 0) is 4.79 Å². The fourth-order valence-corrected chi connectivity index (χ4v) is 2.67. The van der Waals surface area contributed by atoms with E-state index < -0.39 is 0 Å². The van der Waals surface area contributed by atoms with Gasteiger partial charge < -0.3 is 10.6 Å². The van der Waals surface area contributed by atoms with Crippen molar-refractivity contribution in [1.29, 1.82) is 0 Å². The molecule has 2 heterocycles. The molecule has 128 valence electrons. The van der Waals surface area contributed by atoms with Gasteiger partial charge >= 0.3 is 0 Å². The molecule has 0 bridgehead atoms. The quantitative estimate of drug-likeness (QED) is 0.824. The molecule has 1 aliphatic rings. The number of aliphatic imine (C=N–C) groups is 1. The fraction of sp³-hybridized carbons (Fsp3) is 0.222. The zero-order chi connectivity index (χ0) is 17.8. The van der Waals surface area contributed by atoms with E-state index in [2.05, 4.69) is 20.6 Å². The summed E-state index contributed by atoms with van der Waals surface area (Å²) >= 11 is 5.93. The third-order valence-electron chi connectivity index (χ3n) is 3.71. The molecule has 0 spiro atoms. The monoisotopic (exact) mass is 356 g/mol. The van der Waals surface area contributed by atoms with Crippen LogP contribution < -0.4 is 10.6 Å². The van der Waals surface area contributed by atoms with Gasteiger partial charge in [-0.25, -0.2) is 4.98 Å². The molecule has 2 amide bonds. The zero-order valence-corrected chi connectivity index (χ0v) is 14.4. The van der Waals surface area contributed by atoms with Crippen LogP contribution in [0.5, 0.6) is 0 Å². The molecule has 1 aliphatic heterocycles. The normalized spacial score (nSPS) is 13.4. The topological polar surface area (TPSA) is 83.5 Å². The molecule has 0 aliphatic carbocycles. The Kier molecular flexibility index (Phi) is 5.09. The highest BCUT2D eigenvalue weighted by atomic mass is 35.5. The molecule has 6 nitrogen and oxygen atoms in total. The predicted molar refractivity (Wildman–Crippen MR) is 97.8 cm³/mol. The first-order valence-electron chi connectivity index (χ1n) is 7.98. The van der Waals surface area contributed by atoms with Gasteiger partial charge in [0.1, 0.15) is 5.15 Å². The molecule has 1 aromatic heterocycles. The molecular weight excluding hydrogens is 340 g/mol. The second-order valence-corrected chi connectivity index (χ2v) is 6.03. The maximum Gasteiger partial charge on any atom is 0.251 e. The Bertz CT molecular complexity index is 864. The van der Waals surface area contributed by atoms with Gasteiger partial charge in [-0.3, -0.25) is 14.6 Å². The standard InChI is InChI=1S/C18H17ClN4O2/c1-2-6-21-18(25)12-3-4-13-15(8-12)23-17(24)10-14(22-13)11-5-7-20-16(19)9-11/h3-5,7-9H,2,6,10H2,1H3,(H,21,25)(H,23,24). The van der Waals surface area contributed by atoms with Crippen molar-refractivity contribution in [2.24, 2.45) is 4.99 Å². The van der Waals surface area contributed by atoms with Gasteiger partial charge in [-0.15, -0.1) is 0 Å². The first-order valence-corrected chi connectivity index (χ1v) is 8.36. The summed E-state index contributed by atoms with van der Waals surface area (Å²) in [6, 6.07) is 8.50. The van der Waals surface area contributed by atoms with Gasteiger partial charge in [-0.05, 0) is 36.8 Å². The Hall–Kier alpha value is -2.73. The maximum absolute atomic E-state index is 12.2. The first kappa shape index (κ1) is 17.1. The van der Waals surface area contributed by atoms with E-state index in [9.17, 15) is 9.59 Å². The number of halogens is 1. The number of fused-ring (bicyclic) bond motifs is 1. The van der Waals surface area contributed by atoms with Crippen LogP contribution in [-0.4, -0.2) is 29.1 Å². The number of hydrogen-bond acceptors (Lipinski definition) is 4. The minimum Gasteiger partial charge on any atom is -0.352 e. The summed E-state index contributed by atoms with van der Waals surface area (Å²) in [5, 5.41) is 5.96. The van der Waals surface area contributed by atoms with Gasteiger partial charge in [-0.2, -0.15) is 0 Å². The number of nitrogens with one attached hydrogen (secondary N) is 2. The highest BCUT2D eigenvalue weighted by molar-refractivity contribution is 6.30. The number of amides is 2. The molecule has 0 radical (unpaired) electrons. The zero-order valence-electron chi connectivity index (χ0n) is 13.7. The molecule has 1 aromatic carbocycles. The molecule has 0 unspecified atom stereocenters. The lowest BCUT2D eigenvalue weighted by Gasteiger charge is -2.08. The van der Waals surface area contributed by atoms with Crippen LogP contribution in [0, 0.1) is 0 Å². The van der Waals surface area contributed by atoms with Crippen LogP contribution in [0.25, 0.3) is 0 Å². The highest BCUT2D eigenvalue weighted by Gasteiger charge is 2.19. The highest BCUT2D eigenvalue weighted by Crippen LogP contribution is 2.30. The average molecular weight is 357 g/mol. The van der Waals surface area contributed by atoms with E-state index in [1.165, 1.54) is 0 Å². The summed E-state index contributed by atoms with van der Waals surface area (Å²) in [4.78, 5) is 32.8. The second-order valence-electron chi connectivity index (χ2n) is 5.64. The maximum atomic E-state index is 12.2. The number of rotatable bonds is 4. The van der Waals surface area contributed by atoms with Crippen LogP contribution >= 0.6 is 11.6 Å². The van der Waals surface area contributed by atoms with Crippen molar-refractivity contribution in [3.63, 3.8) is 0 Å². The molecule has 7 heteroatoms. The van der Waals surface area contributed by atoms with Gasteiger partial charge in [0.05, 0.1) is 23.5 Å². The van der Waals surface area contributed by atoms with Crippen molar-refractivity contribution in [2.45, 2.75) is 19.8 Å². The summed E-state index contributed by atoms with van der Waals surface area (Å²) < 4.78 is 0. The smallest absolute Gasteiger partial charge is 0.251 e. The van der Waals surface area contributed by atoms with Gasteiger partial charge in [0, 0.05) is 23.9 Å². The van der Waals surface area contributed by atoms with E-state index in [1.54, 1.807) is 36.5 Å². The lowest BCUT2D eigenvalue weighted by atomic mass is 10.1. The number of benzene rings is 1. The molecular formula is C18H17ClN4O2. The van der Waals surface area contributed by atoms with Crippen molar-refractivity contribution in [2.75, 3.05) is 11.9 Å². The Balaban J connectivity index is 1.96. The Labute approximate surface area is 150 Å². The van der Waals surface area contributed by atoms with Gasteiger partial charge in [0.2, 0.25) is 5.91 Å². The summed E-state index contributed by atoms with van der Waals surface area (Å²) in [7, 11) is 0. The Morgan fingerprint density at radius 1 is 1.32 bits per heavy atom. The Morgan fingerprint density at radius 3 is 2.92 bits per heavy atom. The lowest BCUT2D eigenvalue weighted by molar-refractivity contribution is -0.115. The van der Waals surface area contributed by atoms with Crippen LogP contribution in [0.3, 0.4) is 0 Å². The molecule has 2 N–H and O–H groups in total. The van der Waals surface area contributed by atoms with E-state index >= 15 is 0 Å². The second kappa shape index (κ2) is 7.44. The predicted octanol–water partition coefficient (Wildman–Crippen LogP) is 3.34. The minimum atomic E-state index is -0.198. The van der Waals surface area contributed by atoms with Gasteiger partial charge in [0.15, 0.2) is 0 Å². The van der Waals surface area contributed by atoms with E-state index in [0.29, 0.717) is 34.3 Å². The molecule has 0 atom stereocenters. The number of carbonyl (C=O) groups excluding carboxylic acids is 2. The summed E-state index contributed by atoms with van der Waals surface area (Å²) in [5.74, 6) is -0.371. The summed E-state index contributed by atoms with van der Waals surface area (Å²) in [5.41, 5.74) is 2.94. The number of anilines is 1. The number of pyridine rings is 1. The minimum absolute atomic E-state index is 0.117. The summed E-state index contributed by atoms with van der Waals surface area (Å²) in [6.07, 6.45) is 2.55. The SMILES string of the molecule is CCCNC(=O)c1ccc2c(c1)NC(=O)CC(c1ccnc(Cl)c1)=N2. The Morgan fingerprint density at radius 2 is 2.16 bits per heavy atom. The molecule has 2 aromatic rings. The molecule has 0 saturated heterocycles. The number of carbonyl (C=O) groups is 2. The van der Waals surface area contributed by atoms with Gasteiger partial charge in [0.25, 0.3) is 5.91 Å². The first-order chi connectivity index (χ1) is 12.1. The van der Waals surface area contributed by atoms with E-state index in [-0.39, 0.29) is 18.2 Å². The van der Waals surface area contributed by atoms with Crippen molar-refractivity contribution in [3.8, 4) is 0 Å². The van der Waals surface area contributed by atoms with E-state index in [4.69, 9.17) is 11.6 Å². The third kappa shape index (κ3) is 4.03. The average Bonchev–Trinajstić information content (AvgIpc) is 2.76. The van der Waals surface area contributed by atoms with E-state index in [0.717, 1.165) is 12.0 Å². The molecule has 25 heavy (non-hydrogen) atoms. The van der Waals surface area contributed by atoms with Gasteiger partial charge in [-0.1, -0.05) is 18.5 Å². The van der Waals surface area contributed by atoms with Crippen molar-refractivity contribution in [3.05, 3.63) is 52.8 Å². The van der Waals surface area contributed by atoms with Crippen molar-refractivity contribution >= 4 is 40.5 Å². The molecule has 0 saturated carbocycles.